The van der Waals surface area contributed by atoms with Gasteiger partial charge in [-0.15, -0.1) is 0 Å². The molecule has 0 bridgehead atoms. The van der Waals surface area contributed by atoms with Crippen LogP contribution in [0.4, 0.5) is 10.5 Å². The normalized spacial score (nSPS) is 18.6. The maximum atomic E-state index is 12.0. The Bertz CT molecular complexity index is 462. The number of hydrogen-bond acceptors (Lipinski definition) is 3. The largest absolute Gasteiger partial charge is 0.391 e. The highest BCUT2D eigenvalue weighted by Crippen LogP contribution is 2.15. The van der Waals surface area contributed by atoms with E-state index in [-0.39, 0.29) is 12.1 Å². The van der Waals surface area contributed by atoms with Gasteiger partial charge in [0.05, 0.1) is 18.8 Å². The number of nitrogens with one attached hydrogen (secondary N) is 1. The summed E-state index contributed by atoms with van der Waals surface area (Å²) in [5.41, 5.74) is 1.78. The standard InChI is InChI=1S/C15H22N2O3/c1-11(2)20-10-12-4-3-5-13(8-12)16-15(19)17-7-6-14(18)9-17/h3-5,8,11,14,18H,6-7,9-10H2,1-2H3,(H,16,19)/t14-/m0/s1. The monoisotopic (exact) mass is 278 g/mol. The molecule has 1 heterocycles. The lowest BCUT2D eigenvalue weighted by Crippen LogP contribution is -2.33. The van der Waals surface area contributed by atoms with Crippen molar-refractivity contribution in [3.8, 4) is 0 Å². The number of hydrogen-bond donors (Lipinski definition) is 2. The minimum Gasteiger partial charge on any atom is -0.391 e. The zero-order chi connectivity index (χ0) is 14.5. The summed E-state index contributed by atoms with van der Waals surface area (Å²) in [6.07, 6.45) is 0.432. The lowest BCUT2D eigenvalue weighted by molar-refractivity contribution is 0.0657. The number of benzene rings is 1. The summed E-state index contributed by atoms with van der Waals surface area (Å²) >= 11 is 0. The molecule has 1 saturated heterocycles. The second-order valence-corrected chi connectivity index (χ2v) is 5.38. The van der Waals surface area contributed by atoms with Gasteiger partial charge in [-0.1, -0.05) is 12.1 Å². The van der Waals surface area contributed by atoms with Crippen molar-refractivity contribution in [1.82, 2.24) is 4.90 Å². The fraction of sp³-hybridized carbons (Fsp3) is 0.533. The van der Waals surface area contributed by atoms with Crippen LogP contribution in [0, 0.1) is 0 Å². The van der Waals surface area contributed by atoms with Gasteiger partial charge >= 0.3 is 6.03 Å². The number of likely N-dealkylation sites (tertiary alicyclic amines) is 1. The molecule has 1 aliphatic heterocycles. The quantitative estimate of drug-likeness (QED) is 0.887. The van der Waals surface area contributed by atoms with E-state index in [9.17, 15) is 9.90 Å². The van der Waals surface area contributed by atoms with Crippen molar-refractivity contribution in [1.29, 1.82) is 0 Å². The van der Waals surface area contributed by atoms with E-state index in [1.807, 2.05) is 38.1 Å². The molecule has 20 heavy (non-hydrogen) atoms. The van der Waals surface area contributed by atoms with E-state index in [4.69, 9.17) is 4.74 Å². The zero-order valence-electron chi connectivity index (χ0n) is 12.0. The maximum Gasteiger partial charge on any atom is 0.321 e. The number of urea groups is 1. The number of β-amino-alcohol motifs (C(OH)–C–C–N with tert-alkyl or cyclic N) is 1. The molecule has 2 N–H and O–H groups in total. The number of aliphatic hydroxyl groups is 1. The molecular weight excluding hydrogens is 256 g/mol. The van der Waals surface area contributed by atoms with Crippen molar-refractivity contribution in [2.75, 3.05) is 18.4 Å². The number of carbonyl (C=O) groups excluding carboxylic acids is 1. The van der Waals surface area contributed by atoms with Gasteiger partial charge in [0, 0.05) is 18.8 Å². The average Bonchev–Trinajstić information content (AvgIpc) is 2.84. The highest BCUT2D eigenvalue weighted by Gasteiger charge is 2.24. The van der Waals surface area contributed by atoms with Gasteiger partial charge in [-0.2, -0.15) is 0 Å². The topological polar surface area (TPSA) is 61.8 Å². The molecule has 1 aromatic rings. The van der Waals surface area contributed by atoms with Gasteiger partial charge in [-0.25, -0.2) is 4.79 Å². The van der Waals surface area contributed by atoms with E-state index in [1.54, 1.807) is 4.90 Å². The second kappa shape index (κ2) is 6.72. The number of aliphatic hydroxyl groups excluding tert-OH is 1. The van der Waals surface area contributed by atoms with Gasteiger partial charge in [-0.05, 0) is 38.0 Å². The molecule has 2 rings (SSSR count). The number of ether oxygens (including phenoxy) is 1. The molecule has 0 saturated carbocycles. The smallest absolute Gasteiger partial charge is 0.321 e. The molecular formula is C15H22N2O3. The van der Waals surface area contributed by atoms with Crippen LogP contribution in [0.25, 0.3) is 0 Å². The summed E-state index contributed by atoms with van der Waals surface area (Å²) in [7, 11) is 0. The summed E-state index contributed by atoms with van der Waals surface area (Å²) in [4.78, 5) is 13.6. The Kier molecular flexibility index (Phi) is 4.98. The minimum absolute atomic E-state index is 0.163. The first-order chi connectivity index (χ1) is 9.54. The van der Waals surface area contributed by atoms with E-state index >= 15 is 0 Å². The summed E-state index contributed by atoms with van der Waals surface area (Å²) in [6.45, 7) is 5.52. The van der Waals surface area contributed by atoms with Gasteiger partial charge in [0.15, 0.2) is 0 Å². The molecule has 110 valence electrons. The summed E-state index contributed by atoms with van der Waals surface area (Å²) in [5, 5.41) is 12.3. The molecule has 2 amide bonds. The maximum absolute atomic E-state index is 12.0. The molecule has 5 nitrogen and oxygen atoms in total. The number of carbonyl (C=O) groups is 1. The number of anilines is 1. The molecule has 0 radical (unpaired) electrons. The SMILES string of the molecule is CC(C)OCc1cccc(NC(=O)N2CC[C@H](O)C2)c1. The lowest BCUT2D eigenvalue weighted by atomic mass is 10.2. The van der Waals surface area contributed by atoms with Crippen molar-refractivity contribution in [3.05, 3.63) is 29.8 Å². The number of amides is 2. The Hall–Kier alpha value is -1.59. The van der Waals surface area contributed by atoms with Crippen molar-refractivity contribution in [2.24, 2.45) is 0 Å². The van der Waals surface area contributed by atoms with Crippen LogP contribution in [0.15, 0.2) is 24.3 Å². The van der Waals surface area contributed by atoms with Crippen LogP contribution < -0.4 is 5.32 Å². The first-order valence-electron chi connectivity index (χ1n) is 6.99. The van der Waals surface area contributed by atoms with Crippen LogP contribution in [0.5, 0.6) is 0 Å². The van der Waals surface area contributed by atoms with Crippen molar-refractivity contribution >= 4 is 11.7 Å². The van der Waals surface area contributed by atoms with E-state index in [0.29, 0.717) is 26.1 Å². The van der Waals surface area contributed by atoms with Crippen LogP contribution in [0.2, 0.25) is 0 Å². The van der Waals surface area contributed by atoms with Gasteiger partial charge in [0.25, 0.3) is 0 Å². The predicted molar refractivity (Wildman–Crippen MR) is 77.6 cm³/mol. The highest BCUT2D eigenvalue weighted by atomic mass is 16.5. The summed E-state index contributed by atoms with van der Waals surface area (Å²) < 4.78 is 5.55. The Labute approximate surface area is 119 Å². The van der Waals surface area contributed by atoms with Crippen LogP contribution in [0.1, 0.15) is 25.8 Å². The van der Waals surface area contributed by atoms with Crippen LogP contribution in [0.3, 0.4) is 0 Å². The van der Waals surface area contributed by atoms with Crippen LogP contribution in [-0.2, 0) is 11.3 Å². The molecule has 1 fully saturated rings. The van der Waals surface area contributed by atoms with E-state index in [0.717, 1.165) is 11.3 Å². The first-order valence-corrected chi connectivity index (χ1v) is 6.99. The summed E-state index contributed by atoms with van der Waals surface area (Å²) in [5.74, 6) is 0. The van der Waals surface area contributed by atoms with Crippen molar-refractivity contribution in [3.63, 3.8) is 0 Å². The molecule has 1 aromatic carbocycles. The van der Waals surface area contributed by atoms with Crippen LogP contribution in [-0.4, -0.2) is 41.3 Å². The average molecular weight is 278 g/mol. The van der Waals surface area contributed by atoms with Crippen LogP contribution >= 0.6 is 0 Å². The van der Waals surface area contributed by atoms with Crippen molar-refractivity contribution in [2.45, 2.75) is 39.1 Å². The molecule has 0 spiro atoms. The molecule has 0 aromatic heterocycles. The Balaban J connectivity index is 1.92. The third kappa shape index (κ3) is 4.21. The molecule has 1 aliphatic rings. The molecule has 0 unspecified atom stereocenters. The van der Waals surface area contributed by atoms with Crippen molar-refractivity contribution < 1.29 is 14.6 Å². The fourth-order valence-electron chi connectivity index (χ4n) is 2.13. The summed E-state index contributed by atoms with van der Waals surface area (Å²) in [6, 6.07) is 7.46. The van der Waals surface area contributed by atoms with Gasteiger partial charge < -0.3 is 20.1 Å². The Morgan fingerprint density at radius 1 is 1.55 bits per heavy atom. The molecule has 0 aliphatic carbocycles. The third-order valence-corrected chi connectivity index (χ3v) is 3.21. The number of nitrogens with zero attached hydrogens (tertiary/aromatic N) is 1. The van der Waals surface area contributed by atoms with E-state index < -0.39 is 6.10 Å². The molecule has 1 atom stereocenters. The van der Waals surface area contributed by atoms with E-state index in [1.165, 1.54) is 0 Å². The third-order valence-electron chi connectivity index (χ3n) is 3.21. The zero-order valence-corrected chi connectivity index (χ0v) is 12.0. The highest BCUT2D eigenvalue weighted by molar-refractivity contribution is 5.89. The lowest BCUT2D eigenvalue weighted by Gasteiger charge is -2.17. The van der Waals surface area contributed by atoms with E-state index in [2.05, 4.69) is 5.32 Å². The van der Waals surface area contributed by atoms with Gasteiger partial charge in [-0.3, -0.25) is 0 Å². The Morgan fingerprint density at radius 3 is 3.00 bits per heavy atom. The fourth-order valence-corrected chi connectivity index (χ4v) is 2.13. The number of rotatable bonds is 4. The molecule has 5 heteroatoms. The Morgan fingerprint density at radius 2 is 2.35 bits per heavy atom. The minimum atomic E-state index is -0.397. The second-order valence-electron chi connectivity index (χ2n) is 5.38. The van der Waals surface area contributed by atoms with Gasteiger partial charge in [0.1, 0.15) is 0 Å². The first kappa shape index (κ1) is 14.8. The van der Waals surface area contributed by atoms with Gasteiger partial charge in [0.2, 0.25) is 0 Å². The predicted octanol–water partition coefficient (Wildman–Crippen LogP) is 2.21.